The fourth-order valence-corrected chi connectivity index (χ4v) is 2.00. The summed E-state index contributed by atoms with van der Waals surface area (Å²) < 4.78 is 0. The SMILES string of the molecule is CC(N=C=NCCCN(C)C)c1cccc2c1nnn2O.Cl. The molecule has 1 heterocycles. The predicted molar refractivity (Wildman–Crippen MR) is 88.3 cm³/mol. The zero-order valence-corrected chi connectivity index (χ0v) is 13.8. The molecule has 0 aliphatic heterocycles. The van der Waals surface area contributed by atoms with Gasteiger partial charge in [-0.1, -0.05) is 17.0 Å². The molecule has 0 bridgehead atoms. The Morgan fingerprint density at radius 2 is 2.18 bits per heavy atom. The molecule has 120 valence electrons. The number of halogens is 1. The van der Waals surface area contributed by atoms with Crippen molar-refractivity contribution in [2.24, 2.45) is 9.98 Å². The fourth-order valence-electron chi connectivity index (χ4n) is 2.00. The maximum Gasteiger partial charge on any atom is 0.131 e. The number of benzene rings is 1. The van der Waals surface area contributed by atoms with E-state index in [1.54, 1.807) is 6.07 Å². The van der Waals surface area contributed by atoms with Gasteiger partial charge in [0.1, 0.15) is 11.0 Å². The topological polar surface area (TPSA) is 78.9 Å². The normalized spacial score (nSPS) is 11.8. The summed E-state index contributed by atoms with van der Waals surface area (Å²) in [7, 11) is 4.07. The molecule has 1 N–H and O–H groups in total. The van der Waals surface area contributed by atoms with Crippen molar-refractivity contribution in [2.45, 2.75) is 19.4 Å². The van der Waals surface area contributed by atoms with E-state index < -0.39 is 0 Å². The van der Waals surface area contributed by atoms with Crippen molar-refractivity contribution in [3.05, 3.63) is 23.8 Å². The van der Waals surface area contributed by atoms with Crippen LogP contribution in [-0.2, 0) is 0 Å². The van der Waals surface area contributed by atoms with Crippen molar-refractivity contribution in [2.75, 3.05) is 27.2 Å². The molecule has 0 saturated heterocycles. The summed E-state index contributed by atoms with van der Waals surface area (Å²) in [6.07, 6.45) is 0.984. The minimum atomic E-state index is -0.136. The predicted octanol–water partition coefficient (Wildman–Crippen LogP) is 2.28. The molecule has 8 heteroatoms. The summed E-state index contributed by atoms with van der Waals surface area (Å²) in [6, 6.07) is 8.12. The average Bonchev–Trinajstić information content (AvgIpc) is 2.84. The second-order valence-electron chi connectivity index (χ2n) is 5.14. The molecule has 0 amide bonds. The average molecular weight is 325 g/mol. The highest BCUT2D eigenvalue weighted by molar-refractivity contribution is 5.85. The van der Waals surface area contributed by atoms with Gasteiger partial charge < -0.3 is 10.1 Å². The zero-order chi connectivity index (χ0) is 15.2. The van der Waals surface area contributed by atoms with Crippen molar-refractivity contribution < 1.29 is 5.21 Å². The summed E-state index contributed by atoms with van der Waals surface area (Å²) in [4.78, 5) is 11.3. The quantitative estimate of drug-likeness (QED) is 0.502. The first-order chi connectivity index (χ1) is 10.1. The second kappa shape index (κ2) is 8.48. The third-order valence-electron chi connectivity index (χ3n) is 3.14. The zero-order valence-electron chi connectivity index (χ0n) is 13.0. The molecule has 22 heavy (non-hydrogen) atoms. The molecule has 0 fully saturated rings. The van der Waals surface area contributed by atoms with Crippen LogP contribution in [0.1, 0.15) is 24.9 Å². The van der Waals surface area contributed by atoms with Crippen LogP contribution in [0, 0.1) is 0 Å². The number of fused-ring (bicyclic) bond motifs is 1. The van der Waals surface area contributed by atoms with E-state index >= 15 is 0 Å². The largest absolute Gasteiger partial charge is 0.410 e. The summed E-state index contributed by atoms with van der Waals surface area (Å²) in [5.74, 6) is 0. The summed E-state index contributed by atoms with van der Waals surface area (Å²) >= 11 is 0. The lowest BCUT2D eigenvalue weighted by Crippen LogP contribution is -2.13. The standard InChI is InChI=1S/C14H20N6O.ClH/c1-11(16-10-15-8-5-9-19(2)3)12-6-4-7-13-14(12)17-18-20(13)21;/h4,6-7,11,21H,5,8-9H2,1-3H3;1H. The molecular formula is C14H21ClN6O. The molecule has 0 saturated carbocycles. The maximum absolute atomic E-state index is 9.51. The second-order valence-corrected chi connectivity index (χ2v) is 5.14. The van der Waals surface area contributed by atoms with E-state index in [4.69, 9.17) is 0 Å². The molecule has 1 unspecified atom stereocenters. The summed E-state index contributed by atoms with van der Waals surface area (Å²) in [5.41, 5.74) is 2.10. The molecule has 1 aromatic carbocycles. The summed E-state index contributed by atoms with van der Waals surface area (Å²) in [5, 5.41) is 17.1. The smallest absolute Gasteiger partial charge is 0.131 e. The fraction of sp³-hybridized carbons (Fsp3) is 0.500. The Labute approximate surface area is 135 Å². The third-order valence-corrected chi connectivity index (χ3v) is 3.14. The van der Waals surface area contributed by atoms with Gasteiger partial charge in [-0.05, 0) is 45.3 Å². The van der Waals surface area contributed by atoms with Crippen LogP contribution in [0.2, 0.25) is 0 Å². The Morgan fingerprint density at radius 1 is 1.41 bits per heavy atom. The molecule has 0 aliphatic carbocycles. The van der Waals surface area contributed by atoms with Gasteiger partial charge in [-0.15, -0.1) is 17.5 Å². The highest BCUT2D eigenvalue weighted by Gasteiger charge is 2.12. The Hall–Kier alpha value is -1.95. The molecular weight excluding hydrogens is 304 g/mol. The lowest BCUT2D eigenvalue weighted by Gasteiger charge is -2.06. The first kappa shape index (κ1) is 18.1. The van der Waals surface area contributed by atoms with Crippen molar-refractivity contribution in [3.63, 3.8) is 0 Å². The van der Waals surface area contributed by atoms with Crippen molar-refractivity contribution in [1.82, 2.24) is 20.1 Å². The van der Waals surface area contributed by atoms with E-state index in [0.29, 0.717) is 17.6 Å². The maximum atomic E-state index is 9.51. The third kappa shape index (κ3) is 4.53. The molecule has 0 radical (unpaired) electrons. The van der Waals surface area contributed by atoms with Crippen molar-refractivity contribution in [3.8, 4) is 0 Å². The Balaban J connectivity index is 0.00000242. The van der Waals surface area contributed by atoms with Crippen LogP contribution in [0.15, 0.2) is 28.2 Å². The first-order valence-corrected chi connectivity index (χ1v) is 6.89. The van der Waals surface area contributed by atoms with E-state index in [-0.39, 0.29) is 18.4 Å². The lowest BCUT2D eigenvalue weighted by molar-refractivity contribution is 0.155. The number of aromatic nitrogens is 3. The van der Waals surface area contributed by atoms with Gasteiger partial charge in [0.25, 0.3) is 0 Å². The van der Waals surface area contributed by atoms with Crippen LogP contribution >= 0.6 is 12.4 Å². The van der Waals surface area contributed by atoms with Gasteiger partial charge >= 0.3 is 0 Å². The van der Waals surface area contributed by atoms with Crippen LogP contribution in [0.3, 0.4) is 0 Å². The van der Waals surface area contributed by atoms with Gasteiger partial charge in [0.2, 0.25) is 0 Å². The van der Waals surface area contributed by atoms with E-state index in [1.165, 1.54) is 0 Å². The Bertz CT molecular complexity index is 662. The van der Waals surface area contributed by atoms with Gasteiger partial charge in [-0.2, -0.15) is 0 Å². The molecule has 0 spiro atoms. The minimum absolute atomic E-state index is 0. The number of aliphatic imine (C=N–C) groups is 2. The van der Waals surface area contributed by atoms with Gasteiger partial charge in [0.15, 0.2) is 0 Å². The molecule has 7 nitrogen and oxygen atoms in total. The van der Waals surface area contributed by atoms with E-state index in [2.05, 4.69) is 31.2 Å². The van der Waals surface area contributed by atoms with Crippen LogP contribution < -0.4 is 0 Å². The van der Waals surface area contributed by atoms with Crippen LogP contribution in [0.5, 0.6) is 0 Å². The molecule has 2 aromatic rings. The van der Waals surface area contributed by atoms with Gasteiger partial charge in [-0.25, -0.2) is 9.98 Å². The van der Waals surface area contributed by atoms with Gasteiger partial charge in [-0.3, -0.25) is 0 Å². The highest BCUT2D eigenvalue weighted by atomic mass is 35.5. The monoisotopic (exact) mass is 324 g/mol. The lowest BCUT2D eigenvalue weighted by atomic mass is 10.1. The van der Waals surface area contributed by atoms with Gasteiger partial charge in [0.05, 0.1) is 18.6 Å². The van der Waals surface area contributed by atoms with E-state index in [0.717, 1.165) is 23.4 Å². The molecule has 1 atom stereocenters. The number of hydrogen-bond acceptors (Lipinski definition) is 6. The van der Waals surface area contributed by atoms with Crippen LogP contribution in [0.25, 0.3) is 11.0 Å². The van der Waals surface area contributed by atoms with Crippen molar-refractivity contribution >= 4 is 29.4 Å². The first-order valence-electron chi connectivity index (χ1n) is 6.89. The van der Waals surface area contributed by atoms with Crippen LogP contribution in [0.4, 0.5) is 0 Å². The Kier molecular flexibility index (Phi) is 6.98. The number of hydrogen-bond donors (Lipinski definition) is 1. The van der Waals surface area contributed by atoms with Crippen molar-refractivity contribution in [1.29, 1.82) is 0 Å². The van der Waals surface area contributed by atoms with E-state index in [9.17, 15) is 5.21 Å². The van der Waals surface area contributed by atoms with E-state index in [1.807, 2.05) is 33.2 Å². The molecule has 0 aliphatic rings. The summed E-state index contributed by atoms with van der Waals surface area (Å²) in [6.45, 7) is 3.65. The molecule has 1 aromatic heterocycles. The number of nitrogens with zero attached hydrogens (tertiary/aromatic N) is 6. The Morgan fingerprint density at radius 3 is 2.91 bits per heavy atom. The minimum Gasteiger partial charge on any atom is -0.410 e. The highest BCUT2D eigenvalue weighted by Crippen LogP contribution is 2.23. The van der Waals surface area contributed by atoms with Gasteiger partial charge in [0, 0.05) is 5.56 Å². The number of rotatable bonds is 6. The molecule has 2 rings (SSSR count). The van der Waals surface area contributed by atoms with Crippen LogP contribution in [-0.4, -0.2) is 58.5 Å².